The lowest BCUT2D eigenvalue weighted by atomic mass is 9.86. The van der Waals surface area contributed by atoms with Crippen LogP contribution in [0.3, 0.4) is 0 Å². The minimum atomic E-state index is -0.402. The molecule has 3 rings (SSSR count). The Morgan fingerprint density at radius 2 is 1.63 bits per heavy atom. The molecule has 0 amide bonds. The van der Waals surface area contributed by atoms with E-state index >= 15 is 0 Å². The Morgan fingerprint density at radius 1 is 1.00 bits per heavy atom. The van der Waals surface area contributed by atoms with E-state index in [0.717, 1.165) is 18.4 Å². The summed E-state index contributed by atoms with van der Waals surface area (Å²) >= 11 is 0. The highest BCUT2D eigenvalue weighted by molar-refractivity contribution is 5.34. The largest absolute Gasteiger partial charge is 0.392 e. The van der Waals surface area contributed by atoms with Crippen molar-refractivity contribution < 1.29 is 9.50 Å². The standard InChI is InChI=1S/C17H17FO/c18-15-8-6-13(7-9-15)12-16(19)17(10-11-17)14-4-2-1-3-5-14/h1-9,16,19H,10-12H2. The zero-order valence-electron chi connectivity index (χ0n) is 10.7. The minimum absolute atomic E-state index is 0.0877. The van der Waals surface area contributed by atoms with Gasteiger partial charge in [0.15, 0.2) is 0 Å². The van der Waals surface area contributed by atoms with Crippen molar-refractivity contribution in [3.63, 3.8) is 0 Å². The van der Waals surface area contributed by atoms with Crippen LogP contribution < -0.4 is 0 Å². The van der Waals surface area contributed by atoms with Gasteiger partial charge in [0.25, 0.3) is 0 Å². The van der Waals surface area contributed by atoms with E-state index in [1.54, 1.807) is 12.1 Å². The molecule has 2 heteroatoms. The molecule has 0 radical (unpaired) electrons. The maximum Gasteiger partial charge on any atom is 0.123 e. The molecule has 1 aliphatic carbocycles. The summed E-state index contributed by atoms with van der Waals surface area (Å²) in [7, 11) is 0. The van der Waals surface area contributed by atoms with Crippen molar-refractivity contribution in [2.45, 2.75) is 30.8 Å². The minimum Gasteiger partial charge on any atom is -0.392 e. The highest BCUT2D eigenvalue weighted by Gasteiger charge is 2.49. The van der Waals surface area contributed by atoms with E-state index in [2.05, 4.69) is 12.1 Å². The molecule has 0 spiro atoms. The maximum atomic E-state index is 12.9. The number of aliphatic hydroxyl groups excluding tert-OH is 1. The number of hydrogen-bond acceptors (Lipinski definition) is 1. The van der Waals surface area contributed by atoms with Crippen LogP contribution in [0.4, 0.5) is 4.39 Å². The van der Waals surface area contributed by atoms with Gasteiger partial charge in [-0.1, -0.05) is 42.5 Å². The van der Waals surface area contributed by atoms with Crippen molar-refractivity contribution in [3.05, 3.63) is 71.5 Å². The third-order valence-electron chi connectivity index (χ3n) is 4.12. The fourth-order valence-electron chi connectivity index (χ4n) is 2.76. The van der Waals surface area contributed by atoms with Gasteiger partial charge >= 0.3 is 0 Å². The topological polar surface area (TPSA) is 20.2 Å². The van der Waals surface area contributed by atoms with Gasteiger partial charge < -0.3 is 5.11 Å². The lowest BCUT2D eigenvalue weighted by molar-refractivity contribution is 0.131. The van der Waals surface area contributed by atoms with Crippen LogP contribution in [-0.4, -0.2) is 11.2 Å². The van der Waals surface area contributed by atoms with Crippen LogP contribution in [0.25, 0.3) is 0 Å². The Balaban J connectivity index is 1.77. The second-order valence-corrected chi connectivity index (χ2v) is 5.37. The van der Waals surface area contributed by atoms with Crippen LogP contribution in [0.1, 0.15) is 24.0 Å². The third kappa shape index (κ3) is 2.41. The summed E-state index contributed by atoms with van der Waals surface area (Å²) in [4.78, 5) is 0. The SMILES string of the molecule is OC(Cc1ccc(F)cc1)C1(c2ccccc2)CC1. The van der Waals surface area contributed by atoms with Gasteiger partial charge in [-0.25, -0.2) is 4.39 Å². The van der Waals surface area contributed by atoms with E-state index in [1.165, 1.54) is 17.7 Å². The molecule has 1 saturated carbocycles. The van der Waals surface area contributed by atoms with Crippen molar-refractivity contribution in [3.8, 4) is 0 Å². The summed E-state index contributed by atoms with van der Waals surface area (Å²) in [5, 5.41) is 10.5. The van der Waals surface area contributed by atoms with Crippen LogP contribution in [0.2, 0.25) is 0 Å². The Labute approximate surface area is 112 Å². The molecule has 1 fully saturated rings. The molecule has 1 N–H and O–H groups in total. The van der Waals surface area contributed by atoms with Gasteiger partial charge in [-0.3, -0.25) is 0 Å². The van der Waals surface area contributed by atoms with Gasteiger partial charge in [-0.15, -0.1) is 0 Å². The number of benzene rings is 2. The van der Waals surface area contributed by atoms with Crippen LogP contribution >= 0.6 is 0 Å². The molecular weight excluding hydrogens is 239 g/mol. The summed E-state index contributed by atoms with van der Waals surface area (Å²) in [5.74, 6) is -0.234. The van der Waals surface area contributed by atoms with E-state index in [-0.39, 0.29) is 11.2 Å². The highest BCUT2D eigenvalue weighted by atomic mass is 19.1. The molecule has 0 aliphatic heterocycles. The van der Waals surface area contributed by atoms with Gasteiger partial charge in [0, 0.05) is 5.41 Å². The van der Waals surface area contributed by atoms with Crippen molar-refractivity contribution >= 4 is 0 Å². The van der Waals surface area contributed by atoms with E-state index in [9.17, 15) is 9.50 Å². The van der Waals surface area contributed by atoms with Gasteiger partial charge in [0.05, 0.1) is 6.10 Å². The quantitative estimate of drug-likeness (QED) is 0.888. The third-order valence-corrected chi connectivity index (χ3v) is 4.12. The summed E-state index contributed by atoms with van der Waals surface area (Å²) in [6, 6.07) is 16.6. The first-order valence-corrected chi connectivity index (χ1v) is 6.69. The summed E-state index contributed by atoms with van der Waals surface area (Å²) in [5.41, 5.74) is 2.11. The van der Waals surface area contributed by atoms with Crippen LogP contribution in [0.5, 0.6) is 0 Å². The molecule has 19 heavy (non-hydrogen) atoms. The Kier molecular flexibility index (Phi) is 3.11. The first-order chi connectivity index (χ1) is 9.21. The molecule has 0 heterocycles. The number of halogens is 1. The summed E-state index contributed by atoms with van der Waals surface area (Å²) in [6.07, 6.45) is 2.23. The normalized spacial score (nSPS) is 18.0. The summed E-state index contributed by atoms with van der Waals surface area (Å²) in [6.45, 7) is 0. The zero-order valence-corrected chi connectivity index (χ0v) is 10.7. The second kappa shape index (κ2) is 4.78. The van der Waals surface area contributed by atoms with E-state index in [4.69, 9.17) is 0 Å². The van der Waals surface area contributed by atoms with Crippen molar-refractivity contribution in [2.75, 3.05) is 0 Å². The van der Waals surface area contributed by atoms with Crippen LogP contribution in [0, 0.1) is 5.82 Å². The smallest absolute Gasteiger partial charge is 0.123 e. The monoisotopic (exact) mass is 256 g/mol. The lowest BCUT2D eigenvalue weighted by Crippen LogP contribution is -2.28. The average molecular weight is 256 g/mol. The molecule has 98 valence electrons. The van der Waals surface area contributed by atoms with Crippen molar-refractivity contribution in [2.24, 2.45) is 0 Å². The first-order valence-electron chi connectivity index (χ1n) is 6.69. The summed E-state index contributed by atoms with van der Waals surface area (Å²) < 4.78 is 12.9. The molecule has 0 saturated heterocycles. The predicted molar refractivity (Wildman–Crippen MR) is 73.5 cm³/mol. The maximum absolute atomic E-state index is 12.9. The van der Waals surface area contributed by atoms with E-state index in [0.29, 0.717) is 6.42 Å². The van der Waals surface area contributed by atoms with E-state index < -0.39 is 6.10 Å². The number of rotatable bonds is 4. The van der Waals surface area contributed by atoms with Crippen molar-refractivity contribution in [1.29, 1.82) is 0 Å². The van der Waals surface area contributed by atoms with Gasteiger partial charge in [0.2, 0.25) is 0 Å². The van der Waals surface area contributed by atoms with Gasteiger partial charge in [-0.05, 0) is 42.5 Å². The Bertz CT molecular complexity index is 543. The zero-order chi connectivity index (χ0) is 13.3. The van der Waals surface area contributed by atoms with Gasteiger partial charge in [0.1, 0.15) is 5.82 Å². The fourth-order valence-corrected chi connectivity index (χ4v) is 2.76. The number of hydrogen-bond donors (Lipinski definition) is 1. The van der Waals surface area contributed by atoms with Crippen LogP contribution in [0.15, 0.2) is 54.6 Å². The van der Waals surface area contributed by atoms with Gasteiger partial charge in [-0.2, -0.15) is 0 Å². The molecule has 1 aliphatic rings. The molecule has 2 aromatic rings. The van der Waals surface area contributed by atoms with E-state index in [1.807, 2.05) is 18.2 Å². The fraction of sp³-hybridized carbons (Fsp3) is 0.294. The molecule has 1 unspecified atom stereocenters. The Morgan fingerprint density at radius 3 is 2.21 bits per heavy atom. The first kappa shape index (κ1) is 12.4. The molecule has 1 atom stereocenters. The highest BCUT2D eigenvalue weighted by Crippen LogP contribution is 2.51. The molecule has 1 nitrogen and oxygen atoms in total. The molecular formula is C17H17FO. The van der Waals surface area contributed by atoms with Crippen LogP contribution in [-0.2, 0) is 11.8 Å². The lowest BCUT2D eigenvalue weighted by Gasteiger charge is -2.23. The predicted octanol–water partition coefficient (Wildman–Crippen LogP) is 3.46. The second-order valence-electron chi connectivity index (χ2n) is 5.37. The molecule has 0 bridgehead atoms. The molecule has 0 aromatic heterocycles. The Hall–Kier alpha value is -1.67. The van der Waals surface area contributed by atoms with Crippen molar-refractivity contribution in [1.82, 2.24) is 0 Å². The molecule has 2 aromatic carbocycles. The average Bonchev–Trinajstić information content (AvgIpc) is 3.24. The number of aliphatic hydroxyl groups is 1.